The van der Waals surface area contributed by atoms with Gasteiger partial charge in [-0.1, -0.05) is 42.5 Å². The van der Waals surface area contributed by atoms with Gasteiger partial charge in [-0.3, -0.25) is 4.79 Å². The van der Waals surface area contributed by atoms with Crippen molar-refractivity contribution < 1.29 is 4.79 Å². The van der Waals surface area contributed by atoms with Crippen LogP contribution in [0.4, 0.5) is 0 Å². The minimum atomic E-state index is -0.414. The summed E-state index contributed by atoms with van der Waals surface area (Å²) in [5.74, 6) is 0.103. The smallest absolute Gasteiger partial charge is 0.255 e. The van der Waals surface area contributed by atoms with E-state index in [9.17, 15) is 4.79 Å². The van der Waals surface area contributed by atoms with E-state index in [1.165, 1.54) is 5.39 Å². The molecule has 2 nitrogen and oxygen atoms in total. The third kappa shape index (κ3) is 3.23. The molecule has 0 aliphatic carbocycles. The van der Waals surface area contributed by atoms with Gasteiger partial charge < -0.3 is 4.90 Å². The van der Waals surface area contributed by atoms with Crippen molar-refractivity contribution in [2.24, 2.45) is 0 Å². The van der Waals surface area contributed by atoms with Crippen molar-refractivity contribution >= 4 is 54.1 Å². The SMILES string of the molecule is CC1=C(c2ccccc2)C(=O)N(C(C)(C)c2ccc3cc(Br)c(Br)cc3c2)C1. The summed E-state index contributed by atoms with van der Waals surface area (Å²) in [7, 11) is 0. The molecule has 0 atom stereocenters. The second-order valence-corrected chi connectivity index (χ2v) is 9.51. The van der Waals surface area contributed by atoms with Gasteiger partial charge in [-0.15, -0.1) is 0 Å². The second kappa shape index (κ2) is 7.16. The number of carbonyl (C=O) groups excluding carboxylic acids is 1. The Morgan fingerprint density at radius 1 is 0.893 bits per heavy atom. The Bertz CT molecular complexity index is 1120. The molecule has 1 aliphatic heterocycles. The highest BCUT2D eigenvalue weighted by molar-refractivity contribution is 9.13. The van der Waals surface area contributed by atoms with Gasteiger partial charge in [0, 0.05) is 21.1 Å². The van der Waals surface area contributed by atoms with Gasteiger partial charge in [-0.05, 0) is 98.3 Å². The van der Waals surface area contributed by atoms with E-state index < -0.39 is 5.54 Å². The molecule has 142 valence electrons. The standard InChI is InChI=1S/C24H21Br2NO/c1-15-14-27(23(28)22(15)16-7-5-4-6-8-16)24(2,3)19-10-9-17-12-20(25)21(26)13-18(17)11-19/h4-13H,14H2,1-3H3. The summed E-state index contributed by atoms with van der Waals surface area (Å²) in [6.07, 6.45) is 0. The van der Waals surface area contributed by atoms with Crippen LogP contribution in [0.25, 0.3) is 16.3 Å². The highest BCUT2D eigenvalue weighted by Crippen LogP contribution is 2.39. The highest BCUT2D eigenvalue weighted by atomic mass is 79.9. The molecule has 1 aliphatic rings. The summed E-state index contributed by atoms with van der Waals surface area (Å²) >= 11 is 7.16. The first-order valence-corrected chi connectivity index (χ1v) is 10.8. The van der Waals surface area contributed by atoms with Gasteiger partial charge in [-0.2, -0.15) is 0 Å². The monoisotopic (exact) mass is 497 g/mol. The van der Waals surface area contributed by atoms with Gasteiger partial charge in [0.25, 0.3) is 5.91 Å². The molecule has 0 spiro atoms. The first-order chi connectivity index (χ1) is 13.3. The van der Waals surface area contributed by atoms with Crippen molar-refractivity contribution in [1.82, 2.24) is 4.90 Å². The Morgan fingerprint density at radius 2 is 1.54 bits per heavy atom. The van der Waals surface area contributed by atoms with Crippen molar-refractivity contribution in [3.63, 3.8) is 0 Å². The fourth-order valence-electron chi connectivity index (χ4n) is 3.91. The molecule has 4 heteroatoms. The lowest BCUT2D eigenvalue weighted by molar-refractivity contribution is -0.128. The average molecular weight is 499 g/mol. The molecule has 0 unspecified atom stereocenters. The molecule has 0 N–H and O–H groups in total. The molecule has 0 aromatic heterocycles. The predicted octanol–water partition coefficient (Wildman–Crippen LogP) is 6.92. The second-order valence-electron chi connectivity index (χ2n) is 7.80. The minimum Gasteiger partial charge on any atom is -0.325 e. The number of rotatable bonds is 3. The Labute approximate surface area is 182 Å². The molecular formula is C24H21Br2NO. The molecule has 4 rings (SSSR count). The van der Waals surface area contributed by atoms with E-state index >= 15 is 0 Å². The number of amides is 1. The van der Waals surface area contributed by atoms with E-state index in [0.29, 0.717) is 6.54 Å². The van der Waals surface area contributed by atoms with Crippen LogP contribution < -0.4 is 0 Å². The van der Waals surface area contributed by atoms with E-state index in [2.05, 4.69) is 83.0 Å². The summed E-state index contributed by atoms with van der Waals surface area (Å²) in [5.41, 5.74) is 3.67. The van der Waals surface area contributed by atoms with Crippen molar-refractivity contribution in [3.05, 3.63) is 86.3 Å². The maximum absolute atomic E-state index is 13.4. The van der Waals surface area contributed by atoms with Gasteiger partial charge in [0.2, 0.25) is 0 Å². The lowest BCUT2D eigenvalue weighted by atomic mass is 9.90. The van der Waals surface area contributed by atoms with Crippen molar-refractivity contribution in [2.45, 2.75) is 26.3 Å². The largest absolute Gasteiger partial charge is 0.325 e. The molecule has 3 aromatic carbocycles. The van der Waals surface area contributed by atoms with Crippen LogP contribution in [0.5, 0.6) is 0 Å². The molecule has 1 amide bonds. The van der Waals surface area contributed by atoms with Crippen LogP contribution in [0.1, 0.15) is 31.9 Å². The van der Waals surface area contributed by atoms with Gasteiger partial charge in [0.15, 0.2) is 0 Å². The fourth-order valence-corrected chi connectivity index (χ4v) is 4.63. The normalized spacial score (nSPS) is 15.0. The molecule has 0 fully saturated rings. The molecular weight excluding hydrogens is 478 g/mol. The lowest BCUT2D eigenvalue weighted by Gasteiger charge is -2.37. The number of hydrogen-bond donors (Lipinski definition) is 0. The summed E-state index contributed by atoms with van der Waals surface area (Å²) in [4.78, 5) is 15.3. The first kappa shape index (κ1) is 19.4. The van der Waals surface area contributed by atoms with Crippen LogP contribution in [0, 0.1) is 0 Å². The summed E-state index contributed by atoms with van der Waals surface area (Å²) in [5, 5.41) is 2.32. The Hall–Kier alpha value is -1.91. The number of nitrogens with zero attached hydrogens (tertiary/aromatic N) is 1. The van der Waals surface area contributed by atoms with Crippen LogP contribution in [-0.4, -0.2) is 17.4 Å². The van der Waals surface area contributed by atoms with E-state index in [0.717, 1.165) is 36.6 Å². The van der Waals surface area contributed by atoms with Crippen molar-refractivity contribution in [2.75, 3.05) is 6.54 Å². The van der Waals surface area contributed by atoms with Crippen LogP contribution in [0.3, 0.4) is 0 Å². The molecule has 0 saturated heterocycles. The lowest BCUT2D eigenvalue weighted by Crippen LogP contribution is -2.43. The fraction of sp³-hybridized carbons (Fsp3) is 0.208. The molecule has 0 radical (unpaired) electrons. The highest BCUT2D eigenvalue weighted by Gasteiger charge is 2.39. The van der Waals surface area contributed by atoms with Gasteiger partial charge in [0.05, 0.1) is 5.54 Å². The Kier molecular flexibility index (Phi) is 4.96. The zero-order valence-electron chi connectivity index (χ0n) is 16.1. The average Bonchev–Trinajstić information content (AvgIpc) is 2.98. The first-order valence-electron chi connectivity index (χ1n) is 9.25. The molecule has 0 saturated carbocycles. The Balaban J connectivity index is 1.72. The maximum atomic E-state index is 13.4. The summed E-state index contributed by atoms with van der Waals surface area (Å²) in [6.45, 7) is 6.96. The topological polar surface area (TPSA) is 20.3 Å². The third-order valence-electron chi connectivity index (χ3n) is 5.60. The van der Waals surface area contributed by atoms with Crippen LogP contribution in [0.15, 0.2) is 75.2 Å². The van der Waals surface area contributed by atoms with Gasteiger partial charge >= 0.3 is 0 Å². The quantitative estimate of drug-likeness (QED) is 0.384. The van der Waals surface area contributed by atoms with Gasteiger partial charge in [-0.25, -0.2) is 0 Å². The minimum absolute atomic E-state index is 0.103. The van der Waals surface area contributed by atoms with Crippen LogP contribution in [-0.2, 0) is 10.3 Å². The third-order valence-corrected chi connectivity index (χ3v) is 7.45. The summed E-state index contributed by atoms with van der Waals surface area (Å²) < 4.78 is 2.06. The number of hydrogen-bond acceptors (Lipinski definition) is 1. The number of benzene rings is 3. The van der Waals surface area contributed by atoms with Crippen LogP contribution in [0.2, 0.25) is 0 Å². The predicted molar refractivity (Wildman–Crippen MR) is 123 cm³/mol. The summed E-state index contributed by atoms with van der Waals surface area (Å²) in [6, 6.07) is 20.6. The van der Waals surface area contributed by atoms with E-state index in [1.807, 2.05) is 35.2 Å². The number of fused-ring (bicyclic) bond motifs is 1. The zero-order valence-corrected chi connectivity index (χ0v) is 19.3. The van der Waals surface area contributed by atoms with Crippen molar-refractivity contribution in [1.29, 1.82) is 0 Å². The number of halogens is 2. The molecule has 0 bridgehead atoms. The van der Waals surface area contributed by atoms with E-state index in [4.69, 9.17) is 0 Å². The molecule has 1 heterocycles. The maximum Gasteiger partial charge on any atom is 0.255 e. The Morgan fingerprint density at radius 3 is 2.21 bits per heavy atom. The molecule has 28 heavy (non-hydrogen) atoms. The van der Waals surface area contributed by atoms with Crippen LogP contribution >= 0.6 is 31.9 Å². The van der Waals surface area contributed by atoms with Crippen molar-refractivity contribution in [3.8, 4) is 0 Å². The van der Waals surface area contributed by atoms with E-state index in [-0.39, 0.29) is 5.91 Å². The zero-order chi connectivity index (χ0) is 20.1. The van der Waals surface area contributed by atoms with Gasteiger partial charge in [0.1, 0.15) is 0 Å². The number of carbonyl (C=O) groups is 1. The van der Waals surface area contributed by atoms with E-state index in [1.54, 1.807) is 0 Å². The molecule has 3 aromatic rings.